The van der Waals surface area contributed by atoms with Crippen molar-refractivity contribution in [1.82, 2.24) is 15.3 Å². The highest BCUT2D eigenvalue weighted by atomic mass is 16.3. The summed E-state index contributed by atoms with van der Waals surface area (Å²) in [6.07, 6.45) is 5.30. The molecule has 1 fully saturated rings. The van der Waals surface area contributed by atoms with E-state index in [-0.39, 0.29) is 6.10 Å². The van der Waals surface area contributed by atoms with Crippen molar-refractivity contribution in [2.24, 2.45) is 5.92 Å². The van der Waals surface area contributed by atoms with Crippen LogP contribution < -0.4 is 5.32 Å². The van der Waals surface area contributed by atoms with E-state index in [9.17, 15) is 0 Å². The zero-order chi connectivity index (χ0) is 9.80. The van der Waals surface area contributed by atoms with Gasteiger partial charge in [-0.25, -0.2) is 9.97 Å². The Labute approximate surface area is 83.4 Å². The molecule has 0 spiro atoms. The summed E-state index contributed by atoms with van der Waals surface area (Å²) in [5, 5.41) is 12.4. The van der Waals surface area contributed by atoms with Gasteiger partial charge >= 0.3 is 0 Å². The molecule has 0 amide bonds. The Hall–Kier alpha value is -1.00. The third-order valence-electron chi connectivity index (χ3n) is 2.55. The zero-order valence-corrected chi connectivity index (χ0v) is 8.06. The molecular formula is C10H15N3O. The number of aliphatic hydroxyl groups excluding tert-OH is 1. The van der Waals surface area contributed by atoms with Gasteiger partial charge < -0.3 is 10.4 Å². The van der Waals surface area contributed by atoms with E-state index in [2.05, 4.69) is 15.3 Å². The minimum atomic E-state index is -0.0604. The maximum atomic E-state index is 9.08. The molecular weight excluding hydrogens is 178 g/mol. The van der Waals surface area contributed by atoms with Crippen LogP contribution in [0.2, 0.25) is 0 Å². The lowest BCUT2D eigenvalue weighted by atomic mass is 9.82. The molecule has 0 aromatic carbocycles. The van der Waals surface area contributed by atoms with E-state index in [4.69, 9.17) is 5.11 Å². The molecule has 2 N–H and O–H groups in total. The van der Waals surface area contributed by atoms with Gasteiger partial charge in [0.15, 0.2) is 0 Å². The van der Waals surface area contributed by atoms with Crippen LogP contribution in [0.25, 0.3) is 0 Å². The minimum absolute atomic E-state index is 0.0604. The molecule has 1 heterocycles. The van der Waals surface area contributed by atoms with Gasteiger partial charge in [0.2, 0.25) is 0 Å². The third-order valence-corrected chi connectivity index (χ3v) is 2.55. The van der Waals surface area contributed by atoms with Gasteiger partial charge in [-0.15, -0.1) is 0 Å². The van der Waals surface area contributed by atoms with E-state index in [0.29, 0.717) is 12.5 Å². The summed E-state index contributed by atoms with van der Waals surface area (Å²) in [6.45, 7) is 1.67. The van der Waals surface area contributed by atoms with Crippen molar-refractivity contribution in [2.75, 3.05) is 6.54 Å². The first-order valence-corrected chi connectivity index (χ1v) is 4.99. The van der Waals surface area contributed by atoms with Crippen LogP contribution >= 0.6 is 0 Å². The number of aromatic nitrogens is 2. The normalized spacial score (nSPS) is 25.8. The van der Waals surface area contributed by atoms with Crippen LogP contribution in [0.3, 0.4) is 0 Å². The highest BCUT2D eigenvalue weighted by Crippen LogP contribution is 2.25. The maximum Gasteiger partial charge on any atom is 0.141 e. The lowest BCUT2D eigenvalue weighted by Crippen LogP contribution is -2.36. The topological polar surface area (TPSA) is 58.0 Å². The van der Waals surface area contributed by atoms with Crippen LogP contribution in [0.4, 0.5) is 0 Å². The molecule has 0 radical (unpaired) electrons. The molecule has 14 heavy (non-hydrogen) atoms. The van der Waals surface area contributed by atoms with E-state index in [1.54, 1.807) is 12.4 Å². The molecule has 0 unspecified atom stereocenters. The molecule has 4 heteroatoms. The predicted molar refractivity (Wildman–Crippen MR) is 52.5 cm³/mol. The Morgan fingerprint density at radius 1 is 1.36 bits per heavy atom. The molecule has 2 rings (SSSR count). The third kappa shape index (κ3) is 2.49. The largest absolute Gasteiger partial charge is 0.393 e. The summed E-state index contributed by atoms with van der Waals surface area (Å²) in [5.74, 6) is 1.46. The molecule has 0 saturated heterocycles. The van der Waals surface area contributed by atoms with Crippen molar-refractivity contribution in [2.45, 2.75) is 25.5 Å². The van der Waals surface area contributed by atoms with Crippen molar-refractivity contribution in [1.29, 1.82) is 0 Å². The molecule has 0 aliphatic heterocycles. The van der Waals surface area contributed by atoms with Gasteiger partial charge in [0.25, 0.3) is 0 Å². The summed E-state index contributed by atoms with van der Waals surface area (Å²) in [7, 11) is 0. The minimum Gasteiger partial charge on any atom is -0.393 e. The Kier molecular flexibility index (Phi) is 3.06. The van der Waals surface area contributed by atoms with Gasteiger partial charge in [0, 0.05) is 12.4 Å². The van der Waals surface area contributed by atoms with Gasteiger partial charge in [0.05, 0.1) is 12.6 Å². The summed E-state index contributed by atoms with van der Waals surface area (Å²) in [6, 6.07) is 1.81. The number of nitrogens with one attached hydrogen (secondary N) is 1. The molecule has 0 atom stereocenters. The fraction of sp³-hybridized carbons (Fsp3) is 0.600. The lowest BCUT2D eigenvalue weighted by molar-refractivity contribution is 0.0429. The van der Waals surface area contributed by atoms with E-state index in [1.807, 2.05) is 6.07 Å². The molecule has 1 aliphatic carbocycles. The van der Waals surface area contributed by atoms with Crippen molar-refractivity contribution >= 4 is 0 Å². The van der Waals surface area contributed by atoms with Crippen LogP contribution in [-0.2, 0) is 6.54 Å². The molecule has 4 nitrogen and oxygen atoms in total. The van der Waals surface area contributed by atoms with Crippen molar-refractivity contribution < 1.29 is 5.11 Å². The fourth-order valence-electron chi connectivity index (χ4n) is 1.68. The van der Waals surface area contributed by atoms with Crippen LogP contribution in [0, 0.1) is 5.92 Å². The number of hydrogen-bond donors (Lipinski definition) is 2. The summed E-state index contributed by atoms with van der Waals surface area (Å²) >= 11 is 0. The number of aliphatic hydroxyl groups is 1. The molecule has 1 saturated carbocycles. The van der Waals surface area contributed by atoms with Gasteiger partial charge in [-0.1, -0.05) is 0 Å². The van der Waals surface area contributed by atoms with E-state index in [1.165, 1.54) is 0 Å². The van der Waals surface area contributed by atoms with Crippen LogP contribution in [0.5, 0.6) is 0 Å². The molecule has 1 aliphatic rings. The van der Waals surface area contributed by atoms with Gasteiger partial charge in [-0.3, -0.25) is 0 Å². The Morgan fingerprint density at radius 2 is 2.07 bits per heavy atom. The lowest BCUT2D eigenvalue weighted by Gasteiger charge is -2.31. The Balaban J connectivity index is 1.64. The van der Waals surface area contributed by atoms with Crippen molar-refractivity contribution in [3.05, 3.63) is 24.3 Å². The molecule has 1 aromatic rings. The Morgan fingerprint density at radius 3 is 2.71 bits per heavy atom. The fourth-order valence-corrected chi connectivity index (χ4v) is 1.68. The second-order valence-corrected chi connectivity index (χ2v) is 3.79. The standard InChI is InChI=1S/C10H15N3O/c14-9-4-8(5-9)6-11-7-10-12-2-1-3-13-10/h1-3,8-9,11,14H,4-7H2. The molecule has 76 valence electrons. The number of nitrogens with zero attached hydrogens (tertiary/aromatic N) is 2. The van der Waals surface area contributed by atoms with Crippen molar-refractivity contribution in [3.63, 3.8) is 0 Å². The first kappa shape index (κ1) is 9.55. The summed E-state index contributed by atoms with van der Waals surface area (Å²) in [4.78, 5) is 8.22. The van der Waals surface area contributed by atoms with Gasteiger partial charge in [-0.05, 0) is 31.4 Å². The predicted octanol–water partition coefficient (Wildman–Crippen LogP) is 0.337. The molecule has 1 aromatic heterocycles. The zero-order valence-electron chi connectivity index (χ0n) is 8.06. The SMILES string of the molecule is OC1CC(CNCc2ncccn2)C1. The van der Waals surface area contributed by atoms with Gasteiger partial charge in [-0.2, -0.15) is 0 Å². The number of rotatable bonds is 4. The van der Waals surface area contributed by atoms with Gasteiger partial charge in [0.1, 0.15) is 5.82 Å². The maximum absolute atomic E-state index is 9.08. The van der Waals surface area contributed by atoms with Crippen LogP contribution in [0.15, 0.2) is 18.5 Å². The van der Waals surface area contributed by atoms with Crippen molar-refractivity contribution in [3.8, 4) is 0 Å². The monoisotopic (exact) mass is 193 g/mol. The quantitative estimate of drug-likeness (QED) is 0.724. The smallest absolute Gasteiger partial charge is 0.141 e. The summed E-state index contributed by atoms with van der Waals surface area (Å²) < 4.78 is 0. The number of hydrogen-bond acceptors (Lipinski definition) is 4. The Bertz CT molecular complexity index is 272. The molecule has 0 bridgehead atoms. The second-order valence-electron chi connectivity index (χ2n) is 3.79. The average Bonchev–Trinajstić information content (AvgIpc) is 2.17. The van der Waals surface area contributed by atoms with E-state index < -0.39 is 0 Å². The van der Waals surface area contributed by atoms with Crippen LogP contribution in [-0.4, -0.2) is 27.7 Å². The second kappa shape index (κ2) is 4.48. The van der Waals surface area contributed by atoms with Crippen LogP contribution in [0.1, 0.15) is 18.7 Å². The van der Waals surface area contributed by atoms with E-state index in [0.717, 1.165) is 25.2 Å². The average molecular weight is 193 g/mol. The highest BCUT2D eigenvalue weighted by molar-refractivity contribution is 4.88. The first-order valence-electron chi connectivity index (χ1n) is 4.99. The summed E-state index contributed by atoms with van der Waals surface area (Å²) in [5.41, 5.74) is 0. The highest BCUT2D eigenvalue weighted by Gasteiger charge is 2.26. The first-order chi connectivity index (χ1) is 6.84. The van der Waals surface area contributed by atoms with E-state index >= 15 is 0 Å².